The van der Waals surface area contributed by atoms with Crippen LogP contribution in [0.15, 0.2) is 22.6 Å². The Bertz CT molecular complexity index is 661. The largest absolute Gasteiger partial charge is 0.425 e. The molecular weight excluding hydrogens is 305 g/mol. The van der Waals surface area contributed by atoms with E-state index in [9.17, 15) is 4.39 Å². The number of likely N-dealkylation sites (tertiary alicyclic amines) is 1. The van der Waals surface area contributed by atoms with Crippen LogP contribution in [0.3, 0.4) is 0 Å². The van der Waals surface area contributed by atoms with Crippen molar-refractivity contribution in [1.82, 2.24) is 15.1 Å². The fourth-order valence-electron chi connectivity index (χ4n) is 3.11. The first-order chi connectivity index (χ1) is 10.5. The Morgan fingerprint density at radius 3 is 2.95 bits per heavy atom. The van der Waals surface area contributed by atoms with Crippen LogP contribution in [0.4, 0.5) is 4.39 Å². The van der Waals surface area contributed by atoms with Gasteiger partial charge in [0.25, 0.3) is 0 Å². The first-order valence-corrected chi connectivity index (χ1v) is 7.90. The lowest BCUT2D eigenvalue weighted by atomic mass is 9.89. The fraction of sp³-hybridized carbons (Fsp3) is 0.500. The summed E-state index contributed by atoms with van der Waals surface area (Å²) in [5, 5.41) is 8.63. The third-order valence-corrected chi connectivity index (χ3v) is 4.59. The van der Waals surface area contributed by atoms with Crippen LogP contribution in [0.25, 0.3) is 0 Å². The number of hydrogen-bond donors (Lipinski definition) is 0. The van der Waals surface area contributed by atoms with Gasteiger partial charge in [0, 0.05) is 30.1 Å². The molecule has 2 atom stereocenters. The van der Waals surface area contributed by atoms with Crippen LogP contribution in [-0.2, 0) is 6.54 Å². The molecular formula is C16H19ClFN3O. The minimum Gasteiger partial charge on any atom is -0.425 e. The molecule has 1 aromatic heterocycles. The molecule has 0 amide bonds. The van der Waals surface area contributed by atoms with Gasteiger partial charge in [0.2, 0.25) is 11.8 Å². The highest BCUT2D eigenvalue weighted by Gasteiger charge is 2.32. The highest BCUT2D eigenvalue weighted by molar-refractivity contribution is 6.30. The summed E-state index contributed by atoms with van der Waals surface area (Å²) < 4.78 is 19.5. The van der Waals surface area contributed by atoms with Gasteiger partial charge < -0.3 is 4.42 Å². The molecule has 1 aliphatic heterocycles. The van der Waals surface area contributed by atoms with Crippen molar-refractivity contribution in [3.63, 3.8) is 0 Å². The molecule has 0 saturated carbocycles. The minimum absolute atomic E-state index is 0.192. The van der Waals surface area contributed by atoms with Crippen LogP contribution in [0, 0.1) is 12.7 Å². The number of rotatable bonds is 3. The summed E-state index contributed by atoms with van der Waals surface area (Å²) in [7, 11) is 0. The number of halogens is 2. The van der Waals surface area contributed by atoms with Crippen molar-refractivity contribution < 1.29 is 8.81 Å². The van der Waals surface area contributed by atoms with E-state index in [0.29, 0.717) is 28.9 Å². The molecule has 6 heteroatoms. The van der Waals surface area contributed by atoms with Gasteiger partial charge in [-0.05, 0) is 44.5 Å². The normalized spacial score (nSPS) is 22.9. The summed E-state index contributed by atoms with van der Waals surface area (Å²) in [6.07, 6.45) is 2.04. The number of piperidine rings is 1. The van der Waals surface area contributed by atoms with E-state index >= 15 is 0 Å². The maximum absolute atomic E-state index is 13.9. The van der Waals surface area contributed by atoms with Gasteiger partial charge >= 0.3 is 0 Å². The monoisotopic (exact) mass is 323 g/mol. The number of hydrogen-bond acceptors (Lipinski definition) is 4. The maximum Gasteiger partial charge on any atom is 0.221 e. The van der Waals surface area contributed by atoms with Crippen LogP contribution in [-0.4, -0.2) is 27.7 Å². The van der Waals surface area contributed by atoms with Crippen molar-refractivity contribution in [2.24, 2.45) is 0 Å². The average Bonchev–Trinajstić information content (AvgIpc) is 2.91. The number of aryl methyl sites for hydroxylation is 1. The topological polar surface area (TPSA) is 42.2 Å². The highest BCUT2D eigenvalue weighted by Crippen LogP contribution is 2.33. The van der Waals surface area contributed by atoms with Gasteiger partial charge in [-0.25, -0.2) is 4.39 Å². The van der Waals surface area contributed by atoms with Crippen LogP contribution < -0.4 is 0 Å². The van der Waals surface area contributed by atoms with Gasteiger partial charge in [-0.2, -0.15) is 0 Å². The van der Waals surface area contributed by atoms with Crippen LogP contribution >= 0.6 is 11.6 Å². The molecule has 3 rings (SSSR count). The molecule has 2 aromatic rings. The van der Waals surface area contributed by atoms with E-state index in [1.807, 2.05) is 0 Å². The summed E-state index contributed by atoms with van der Waals surface area (Å²) in [6.45, 7) is 5.39. The molecule has 1 aliphatic rings. The summed E-state index contributed by atoms with van der Waals surface area (Å²) in [6, 6.07) is 4.91. The summed E-state index contributed by atoms with van der Waals surface area (Å²) in [5.74, 6) is 1.24. The van der Waals surface area contributed by atoms with Crippen molar-refractivity contribution in [1.29, 1.82) is 0 Å². The van der Waals surface area contributed by atoms with Crippen LogP contribution in [0.5, 0.6) is 0 Å². The standard InChI is InChI=1S/C16H19ClFN3O/c1-10-14(16-20-19-11(2)22-16)4-3-7-21(10)9-12-8-13(17)5-6-15(12)18/h5-6,8,10,14H,3-4,7,9H2,1-2H3/t10-,14-/m0/s1. The van der Waals surface area contributed by atoms with E-state index in [-0.39, 0.29) is 17.8 Å². The molecule has 0 aliphatic carbocycles. The lowest BCUT2D eigenvalue weighted by Gasteiger charge is -2.38. The lowest BCUT2D eigenvalue weighted by Crippen LogP contribution is -2.42. The Balaban J connectivity index is 1.78. The number of benzene rings is 1. The van der Waals surface area contributed by atoms with E-state index in [2.05, 4.69) is 22.0 Å². The Kier molecular flexibility index (Phi) is 4.45. The molecule has 1 saturated heterocycles. The zero-order valence-electron chi connectivity index (χ0n) is 12.7. The quantitative estimate of drug-likeness (QED) is 0.858. The smallest absolute Gasteiger partial charge is 0.221 e. The van der Waals surface area contributed by atoms with Gasteiger partial charge in [-0.15, -0.1) is 10.2 Å². The summed E-state index contributed by atoms with van der Waals surface area (Å²) in [4.78, 5) is 2.25. The van der Waals surface area contributed by atoms with E-state index in [0.717, 1.165) is 19.4 Å². The molecule has 4 nitrogen and oxygen atoms in total. The van der Waals surface area contributed by atoms with Gasteiger partial charge in [0.15, 0.2) is 0 Å². The molecule has 0 radical (unpaired) electrons. The number of aromatic nitrogens is 2. The SMILES string of the molecule is Cc1nnc([C@H]2CCCN(Cc3cc(Cl)ccc3F)[C@H]2C)o1. The molecule has 0 unspecified atom stereocenters. The van der Waals surface area contributed by atoms with Crippen molar-refractivity contribution in [3.05, 3.63) is 46.4 Å². The van der Waals surface area contributed by atoms with E-state index < -0.39 is 0 Å². The Morgan fingerprint density at radius 2 is 2.23 bits per heavy atom. The predicted octanol–water partition coefficient (Wildman–Crippen LogP) is 3.94. The first-order valence-electron chi connectivity index (χ1n) is 7.52. The third-order valence-electron chi connectivity index (χ3n) is 4.36. The predicted molar refractivity (Wildman–Crippen MR) is 82.3 cm³/mol. The second-order valence-corrected chi connectivity index (χ2v) is 6.29. The van der Waals surface area contributed by atoms with E-state index in [4.69, 9.17) is 16.0 Å². The van der Waals surface area contributed by atoms with Gasteiger partial charge in [0.1, 0.15) is 5.82 Å². The number of nitrogens with zero attached hydrogens (tertiary/aromatic N) is 3. The average molecular weight is 324 g/mol. The second kappa shape index (κ2) is 6.34. The fourth-order valence-corrected chi connectivity index (χ4v) is 3.31. The molecule has 1 aromatic carbocycles. The Morgan fingerprint density at radius 1 is 1.41 bits per heavy atom. The Labute approximate surface area is 134 Å². The molecule has 0 bridgehead atoms. The zero-order valence-corrected chi connectivity index (χ0v) is 13.5. The zero-order chi connectivity index (χ0) is 15.7. The summed E-state index contributed by atoms with van der Waals surface area (Å²) >= 11 is 5.98. The van der Waals surface area contributed by atoms with Crippen LogP contribution in [0.1, 0.15) is 43.0 Å². The maximum atomic E-state index is 13.9. The van der Waals surface area contributed by atoms with Gasteiger partial charge in [-0.1, -0.05) is 11.6 Å². The van der Waals surface area contributed by atoms with Crippen molar-refractivity contribution in [2.45, 2.75) is 45.2 Å². The van der Waals surface area contributed by atoms with Crippen molar-refractivity contribution in [3.8, 4) is 0 Å². The molecule has 0 N–H and O–H groups in total. The van der Waals surface area contributed by atoms with Crippen LogP contribution in [0.2, 0.25) is 5.02 Å². The first kappa shape index (κ1) is 15.4. The minimum atomic E-state index is -0.215. The van der Waals surface area contributed by atoms with Crippen molar-refractivity contribution >= 4 is 11.6 Å². The lowest BCUT2D eigenvalue weighted by molar-refractivity contribution is 0.117. The molecule has 118 valence electrons. The van der Waals surface area contributed by atoms with E-state index in [1.54, 1.807) is 19.1 Å². The molecule has 22 heavy (non-hydrogen) atoms. The highest BCUT2D eigenvalue weighted by atomic mass is 35.5. The van der Waals surface area contributed by atoms with E-state index in [1.165, 1.54) is 6.07 Å². The molecule has 0 spiro atoms. The van der Waals surface area contributed by atoms with Gasteiger partial charge in [0.05, 0.1) is 5.92 Å². The molecule has 1 fully saturated rings. The molecule has 2 heterocycles. The third kappa shape index (κ3) is 3.15. The second-order valence-electron chi connectivity index (χ2n) is 5.85. The van der Waals surface area contributed by atoms with Gasteiger partial charge in [-0.3, -0.25) is 4.90 Å². The van der Waals surface area contributed by atoms with Crippen molar-refractivity contribution in [2.75, 3.05) is 6.54 Å². The Hall–Kier alpha value is -1.46. The summed E-state index contributed by atoms with van der Waals surface area (Å²) in [5.41, 5.74) is 0.627.